The summed E-state index contributed by atoms with van der Waals surface area (Å²) in [6, 6.07) is 7.14. The predicted octanol–water partition coefficient (Wildman–Crippen LogP) is -18.8. The van der Waals surface area contributed by atoms with Crippen LogP contribution in [-0.2, 0) is 5.41 Å². The lowest BCUT2D eigenvalue weighted by Gasteiger charge is -2.29. The van der Waals surface area contributed by atoms with Gasteiger partial charge in [0, 0.05) is 24.9 Å². The van der Waals surface area contributed by atoms with Gasteiger partial charge < -0.3 is 0 Å². The zero-order valence-corrected chi connectivity index (χ0v) is 44.2. The van der Waals surface area contributed by atoms with Crippen molar-refractivity contribution in [3.05, 3.63) is 35.7 Å². The molecule has 6 aromatic carbocycles. The van der Waals surface area contributed by atoms with Gasteiger partial charge in [-0.05, 0) is 73.0 Å². The normalized spacial score (nSPS) is 13.1. The van der Waals surface area contributed by atoms with E-state index in [0.717, 1.165) is 15.9 Å². The Balaban J connectivity index is 1.20. The lowest BCUT2D eigenvalue weighted by atomic mass is 9.60. The van der Waals surface area contributed by atoms with Gasteiger partial charge in [-0.3, -0.25) is 0 Å². The van der Waals surface area contributed by atoms with Crippen molar-refractivity contribution >= 4 is 303 Å². The van der Waals surface area contributed by atoms with Crippen molar-refractivity contribution in [2.45, 2.75) is 19.3 Å². The fourth-order valence-corrected chi connectivity index (χ4v) is 15.5. The van der Waals surface area contributed by atoms with E-state index in [4.69, 9.17) is 9.97 Å². The second-order valence-corrected chi connectivity index (χ2v) is 22.7. The maximum Gasteiger partial charge on any atom is 0.140 e. The molecule has 0 saturated carbocycles. The average Bonchev–Trinajstić information content (AvgIpc) is 3.93. The third-order valence-corrected chi connectivity index (χ3v) is 20.1. The molecule has 0 fully saturated rings. The van der Waals surface area contributed by atoms with Gasteiger partial charge in [0.1, 0.15) is 148 Å². The number of nitrogens with zero attached hydrogens (tertiary/aromatic N) is 2. The maximum absolute atomic E-state index is 5.22. The van der Waals surface area contributed by atoms with E-state index >= 15 is 0 Å². The average molecular weight is 850 g/mol. The Morgan fingerprint density at radius 3 is 1.52 bits per heavy atom. The highest BCUT2D eigenvalue weighted by Crippen LogP contribution is 2.46. The van der Waals surface area contributed by atoms with Crippen molar-refractivity contribution in [3.8, 4) is 44.6 Å². The van der Waals surface area contributed by atoms with Gasteiger partial charge in [0.15, 0.2) is 0 Å². The highest BCUT2D eigenvalue weighted by atomic mass is 32.1. The summed E-state index contributed by atoms with van der Waals surface area (Å²) in [5.74, 6) is 0. The molecule has 22 heteroatoms. The number of benzene rings is 6. The van der Waals surface area contributed by atoms with Crippen LogP contribution in [0.15, 0.2) is 24.5 Å². The zero-order chi connectivity index (χ0) is 46.9. The first-order chi connectivity index (χ1) is 30.6. The molecule has 0 aliphatic heterocycles. The molecule has 9 aromatic rings. The smallest absolute Gasteiger partial charge is 0.140 e. The van der Waals surface area contributed by atoms with Gasteiger partial charge in [-0.2, -0.15) is 0 Å². The number of fused-ring (bicyclic) bond motifs is 9. The summed E-state index contributed by atoms with van der Waals surface area (Å²) in [7, 11) is 42.0. The fraction of sp³-hybridized carbons (Fsp3) is 0.0698. The van der Waals surface area contributed by atoms with E-state index in [1.165, 1.54) is 179 Å². The molecule has 0 spiro atoms. The Hall–Kier alpha value is -3.99. The number of rotatable bonds is 3. The summed E-state index contributed by atoms with van der Waals surface area (Å²) in [6.45, 7) is 4.91. The van der Waals surface area contributed by atoms with Gasteiger partial charge in [0.25, 0.3) is 0 Å². The van der Waals surface area contributed by atoms with Crippen LogP contribution in [0.5, 0.6) is 0 Å². The molecule has 1 aliphatic carbocycles. The third kappa shape index (κ3) is 5.77. The number of hydrogen-bond acceptors (Lipinski definition) is 4. The fourth-order valence-electron chi connectivity index (χ4n) is 12.8. The van der Waals surface area contributed by atoms with E-state index in [1.807, 2.05) is 29.0 Å². The molecule has 2 nitrogen and oxygen atoms in total. The Morgan fingerprint density at radius 2 is 0.862 bits per heavy atom. The third-order valence-electron chi connectivity index (χ3n) is 17.6. The van der Waals surface area contributed by atoms with Crippen molar-refractivity contribution < 1.29 is 0 Å². The zero-order valence-electron chi connectivity index (χ0n) is 42.5. The minimum atomic E-state index is -0.105. The SMILES string of the molecule is Bc1c(B)c(-c2ncnc3c2sc2ccc(-c4c(B)c(B)c5c(c4B)C(C)(C)c4c(B)c(B)c(B)c(B)c4-5)cc23)c(B)c(-c2c(B)c(B)c(B)c3c2sc2c(B)c(B)c(B)c(B)c23)c1B. The minimum absolute atomic E-state index is 0.105. The summed E-state index contributed by atoms with van der Waals surface area (Å²) >= 11 is 3.84. The van der Waals surface area contributed by atoms with Crippen molar-refractivity contribution in [2.75, 3.05) is 0 Å². The molecule has 3 aromatic heterocycles. The Labute approximate surface area is 409 Å². The van der Waals surface area contributed by atoms with Crippen LogP contribution in [0.4, 0.5) is 0 Å². The highest BCUT2D eigenvalue weighted by molar-refractivity contribution is 7.28. The van der Waals surface area contributed by atoms with Gasteiger partial charge in [-0.25, -0.2) is 9.97 Å². The maximum atomic E-state index is 5.22. The first-order valence-electron chi connectivity index (χ1n) is 23.5. The summed E-state index contributed by atoms with van der Waals surface area (Å²) in [5.41, 5.74) is 39.5. The largest absolute Gasteiger partial charge is 0.235 e. The molecule has 0 atom stereocenters. The Kier molecular flexibility index (Phi) is 10.3. The topological polar surface area (TPSA) is 25.8 Å². The van der Waals surface area contributed by atoms with Crippen LogP contribution in [-0.4, -0.2) is 151 Å². The molecule has 0 saturated heterocycles. The number of thiophene rings is 2. The second-order valence-electron chi connectivity index (χ2n) is 20.6. The van der Waals surface area contributed by atoms with Crippen molar-refractivity contribution in [3.63, 3.8) is 0 Å². The molecule has 10 rings (SSSR count). The predicted molar refractivity (Wildman–Crippen MR) is 349 cm³/mol. The van der Waals surface area contributed by atoms with E-state index < -0.39 is 0 Å². The first-order valence-corrected chi connectivity index (χ1v) is 25.2. The Bertz CT molecular complexity index is 3740. The molecule has 294 valence electrons. The van der Waals surface area contributed by atoms with E-state index in [0.29, 0.717) is 0 Å². The van der Waals surface area contributed by atoms with Gasteiger partial charge in [0.05, 0.1) is 15.9 Å². The molecule has 0 unspecified atom stereocenters. The van der Waals surface area contributed by atoms with E-state index in [1.54, 1.807) is 0 Å². The van der Waals surface area contributed by atoms with Crippen LogP contribution < -0.4 is 98.3 Å². The van der Waals surface area contributed by atoms with Crippen LogP contribution >= 0.6 is 22.7 Å². The molecule has 1 aliphatic rings. The Morgan fingerprint density at radius 1 is 0.385 bits per heavy atom. The molecule has 3 heterocycles. The minimum Gasteiger partial charge on any atom is -0.235 e. The lowest BCUT2D eigenvalue weighted by molar-refractivity contribution is 0.669. The van der Waals surface area contributed by atoms with Crippen LogP contribution in [0.2, 0.25) is 0 Å². The molecule has 0 N–H and O–H groups in total. The van der Waals surface area contributed by atoms with Gasteiger partial charge >= 0.3 is 0 Å². The van der Waals surface area contributed by atoms with Gasteiger partial charge in [0.2, 0.25) is 0 Å². The standard InChI is InChI=1S/C43H46B18N2S2/c1-43(2)18-11(12-19(43)30(54)35(59)33(57)24(12)48)23(47)22(46)10(21(18)45)7-3-4-9-8(5-7)38-42(64-9)39(63-6-62-38)17-20(44)13(25(49)31(55)29(17)53)14-26(50)32(56)27(51)15-16-28(52)34(58)36(60)37(61)41(16)65-40(14)15/h3-6H,44-61H2,1-2H3. The van der Waals surface area contributed by atoms with Gasteiger partial charge in [-0.1, -0.05) is 85.5 Å². The number of hydrogen-bond donors (Lipinski definition) is 0. The van der Waals surface area contributed by atoms with Gasteiger partial charge in [-0.15, -0.1) is 55.5 Å². The summed E-state index contributed by atoms with van der Waals surface area (Å²) in [5, 5.41) is 4.08. The summed E-state index contributed by atoms with van der Waals surface area (Å²) < 4.78 is 5.25. The molecular weight excluding hydrogens is 803 g/mol. The molecule has 65 heavy (non-hydrogen) atoms. The quantitative estimate of drug-likeness (QED) is 0.166. The molecule has 0 radical (unpaired) electrons. The van der Waals surface area contributed by atoms with Crippen LogP contribution in [0, 0.1) is 0 Å². The van der Waals surface area contributed by atoms with E-state index in [-0.39, 0.29) is 5.41 Å². The van der Waals surface area contributed by atoms with Crippen molar-refractivity contribution in [1.82, 2.24) is 9.97 Å². The van der Waals surface area contributed by atoms with Crippen LogP contribution in [0.3, 0.4) is 0 Å². The number of aromatic nitrogens is 2. The van der Waals surface area contributed by atoms with Crippen molar-refractivity contribution in [2.24, 2.45) is 0 Å². The van der Waals surface area contributed by atoms with Crippen LogP contribution in [0.25, 0.3) is 85.1 Å². The van der Waals surface area contributed by atoms with E-state index in [2.05, 4.69) is 173 Å². The van der Waals surface area contributed by atoms with E-state index in [9.17, 15) is 0 Å². The second kappa shape index (κ2) is 15.0. The highest BCUT2D eigenvalue weighted by Gasteiger charge is 2.41. The lowest BCUT2D eigenvalue weighted by Crippen LogP contribution is -2.51. The first kappa shape index (κ1) is 44.8. The van der Waals surface area contributed by atoms with Crippen molar-refractivity contribution in [1.29, 1.82) is 0 Å². The monoisotopic (exact) mass is 852 g/mol. The molecular formula is C43H46B18N2S2. The van der Waals surface area contributed by atoms with Crippen LogP contribution in [0.1, 0.15) is 25.0 Å². The summed E-state index contributed by atoms with van der Waals surface area (Å²) in [6.07, 6.45) is 1.82. The molecule has 0 amide bonds. The summed E-state index contributed by atoms with van der Waals surface area (Å²) in [4.78, 5) is 10.3. The molecule has 0 bridgehead atoms.